The summed E-state index contributed by atoms with van der Waals surface area (Å²) in [5, 5.41) is 0. The average Bonchev–Trinajstić information content (AvgIpc) is 3.23. The molecular formula is C31H55NO5. The fraction of sp³-hybridized carbons (Fsp3) is 0.968. The Morgan fingerprint density at radius 3 is 2.22 bits per heavy atom. The van der Waals surface area contributed by atoms with E-state index in [9.17, 15) is 4.79 Å². The van der Waals surface area contributed by atoms with Gasteiger partial charge in [0.05, 0.1) is 39.6 Å². The molecule has 4 aliphatic rings. The van der Waals surface area contributed by atoms with Crippen LogP contribution in [0.5, 0.6) is 0 Å². The summed E-state index contributed by atoms with van der Waals surface area (Å²) in [4.78, 5) is 12.3. The van der Waals surface area contributed by atoms with Crippen molar-refractivity contribution in [3.63, 3.8) is 0 Å². The summed E-state index contributed by atoms with van der Waals surface area (Å²) in [5.74, 6) is 4.56. The molecule has 4 saturated carbocycles. The minimum atomic E-state index is -0.0798. The van der Waals surface area contributed by atoms with E-state index in [1.165, 1.54) is 70.6 Å². The number of rotatable bonds is 15. The van der Waals surface area contributed by atoms with Crippen molar-refractivity contribution in [3.05, 3.63) is 0 Å². The summed E-state index contributed by atoms with van der Waals surface area (Å²) in [6.45, 7) is 9.24. The molecule has 0 bridgehead atoms. The van der Waals surface area contributed by atoms with E-state index < -0.39 is 0 Å². The van der Waals surface area contributed by atoms with Gasteiger partial charge in [-0.05, 0) is 105 Å². The Kier molecular flexibility index (Phi) is 11.2. The van der Waals surface area contributed by atoms with Crippen LogP contribution in [0.1, 0.15) is 97.3 Å². The van der Waals surface area contributed by atoms with Crippen LogP contribution in [0.2, 0.25) is 0 Å². The van der Waals surface area contributed by atoms with Crippen molar-refractivity contribution in [2.75, 3.05) is 52.8 Å². The normalized spacial score (nSPS) is 37.0. The number of carbonyl (C=O) groups excluding carboxylic acids is 1. The van der Waals surface area contributed by atoms with E-state index in [4.69, 9.17) is 24.7 Å². The summed E-state index contributed by atoms with van der Waals surface area (Å²) in [7, 11) is 0. The van der Waals surface area contributed by atoms with Crippen LogP contribution in [0.4, 0.5) is 0 Å². The van der Waals surface area contributed by atoms with Gasteiger partial charge < -0.3 is 24.7 Å². The van der Waals surface area contributed by atoms with Gasteiger partial charge >= 0.3 is 5.97 Å². The first kappa shape index (κ1) is 29.3. The minimum absolute atomic E-state index is 0.0798. The topological polar surface area (TPSA) is 80.0 Å². The lowest BCUT2D eigenvalue weighted by molar-refractivity contribution is -0.145. The molecule has 0 heterocycles. The Morgan fingerprint density at radius 2 is 1.46 bits per heavy atom. The van der Waals surface area contributed by atoms with Gasteiger partial charge in [0.15, 0.2) is 0 Å². The van der Waals surface area contributed by atoms with Crippen LogP contribution >= 0.6 is 0 Å². The fourth-order valence-electron chi connectivity index (χ4n) is 9.28. The molecule has 0 aromatic carbocycles. The third-order valence-electron chi connectivity index (χ3n) is 11.2. The van der Waals surface area contributed by atoms with Crippen molar-refractivity contribution < 1.29 is 23.7 Å². The predicted molar refractivity (Wildman–Crippen MR) is 146 cm³/mol. The molecule has 0 saturated heterocycles. The van der Waals surface area contributed by atoms with E-state index in [0.29, 0.717) is 70.0 Å². The molecule has 0 amide bonds. The van der Waals surface area contributed by atoms with Gasteiger partial charge in [-0.3, -0.25) is 4.79 Å². The van der Waals surface area contributed by atoms with Crippen molar-refractivity contribution in [1.29, 1.82) is 0 Å². The van der Waals surface area contributed by atoms with Crippen LogP contribution in [0.25, 0.3) is 0 Å². The zero-order valence-electron chi connectivity index (χ0n) is 23.9. The number of esters is 1. The first-order valence-corrected chi connectivity index (χ1v) is 15.6. The lowest BCUT2D eigenvalue weighted by Crippen LogP contribution is -2.52. The van der Waals surface area contributed by atoms with Crippen LogP contribution in [0.3, 0.4) is 0 Å². The number of hydrogen-bond acceptors (Lipinski definition) is 6. The molecule has 7 atom stereocenters. The molecular weight excluding hydrogens is 466 g/mol. The van der Waals surface area contributed by atoms with Crippen molar-refractivity contribution in [2.45, 2.75) is 97.3 Å². The standard InChI is InChI=1S/C31H55NO5/c1-30-14-4-3-6-24(30)9-11-26-27-12-10-25(31(27,2)15-13-28(26)30)7-5-8-29(33)37-23-22-36-21-20-35-19-18-34-17-16-32/h24-28H,3-23,32H2,1-2H3. The van der Waals surface area contributed by atoms with Gasteiger partial charge in [0, 0.05) is 13.0 Å². The van der Waals surface area contributed by atoms with E-state index in [-0.39, 0.29) is 5.97 Å². The summed E-state index contributed by atoms with van der Waals surface area (Å²) < 4.78 is 21.6. The predicted octanol–water partition coefficient (Wildman–Crippen LogP) is 5.76. The van der Waals surface area contributed by atoms with Crippen LogP contribution in [0, 0.1) is 40.4 Å². The van der Waals surface area contributed by atoms with Gasteiger partial charge in [0.1, 0.15) is 6.61 Å². The molecule has 0 aromatic heterocycles. The molecule has 6 heteroatoms. The maximum atomic E-state index is 12.3. The Morgan fingerprint density at radius 1 is 0.757 bits per heavy atom. The number of nitrogens with two attached hydrogens (primary N) is 1. The maximum absolute atomic E-state index is 12.3. The highest BCUT2D eigenvalue weighted by Crippen LogP contribution is 2.67. The number of fused-ring (bicyclic) bond motifs is 5. The van der Waals surface area contributed by atoms with Gasteiger partial charge in [-0.15, -0.1) is 0 Å². The van der Waals surface area contributed by atoms with Gasteiger partial charge in [0.2, 0.25) is 0 Å². The second-order valence-corrected chi connectivity index (χ2v) is 13.0. The smallest absolute Gasteiger partial charge is 0.305 e. The number of hydrogen-bond donors (Lipinski definition) is 1. The molecule has 0 radical (unpaired) electrons. The van der Waals surface area contributed by atoms with E-state index in [0.717, 1.165) is 36.0 Å². The summed E-state index contributed by atoms with van der Waals surface area (Å²) >= 11 is 0. The zero-order valence-corrected chi connectivity index (χ0v) is 23.9. The van der Waals surface area contributed by atoms with Gasteiger partial charge in [-0.2, -0.15) is 0 Å². The third kappa shape index (κ3) is 7.10. The number of ether oxygens (including phenoxy) is 4. The second kappa shape index (κ2) is 14.1. The maximum Gasteiger partial charge on any atom is 0.305 e. The van der Waals surface area contributed by atoms with E-state index in [2.05, 4.69) is 13.8 Å². The lowest BCUT2D eigenvalue weighted by Gasteiger charge is -2.60. The van der Waals surface area contributed by atoms with E-state index in [1.54, 1.807) is 0 Å². The first-order valence-electron chi connectivity index (χ1n) is 15.6. The largest absolute Gasteiger partial charge is 0.463 e. The van der Waals surface area contributed by atoms with E-state index >= 15 is 0 Å². The van der Waals surface area contributed by atoms with Gasteiger partial charge in [0.25, 0.3) is 0 Å². The molecule has 4 aliphatic carbocycles. The second-order valence-electron chi connectivity index (χ2n) is 13.0. The number of carbonyl (C=O) groups is 1. The Balaban J connectivity index is 1.09. The summed E-state index contributed by atoms with van der Waals surface area (Å²) in [6.07, 6.45) is 17.2. The van der Waals surface area contributed by atoms with Crippen LogP contribution in [-0.2, 0) is 23.7 Å². The Hall–Kier alpha value is -0.690. The average molecular weight is 522 g/mol. The van der Waals surface area contributed by atoms with Crippen LogP contribution < -0.4 is 5.73 Å². The monoisotopic (exact) mass is 521 g/mol. The van der Waals surface area contributed by atoms with Crippen molar-refractivity contribution in [1.82, 2.24) is 0 Å². The van der Waals surface area contributed by atoms with Crippen molar-refractivity contribution >= 4 is 5.97 Å². The molecule has 0 aliphatic heterocycles. The van der Waals surface area contributed by atoms with Crippen LogP contribution in [-0.4, -0.2) is 58.8 Å². The molecule has 2 N–H and O–H groups in total. The van der Waals surface area contributed by atoms with Gasteiger partial charge in [-0.1, -0.05) is 26.7 Å². The Bertz CT molecular complexity index is 703. The Labute approximate surface area is 226 Å². The first-order chi connectivity index (χ1) is 18.0. The molecule has 0 spiro atoms. The van der Waals surface area contributed by atoms with Crippen molar-refractivity contribution in [2.24, 2.45) is 46.2 Å². The lowest BCUT2D eigenvalue weighted by atomic mass is 9.45. The summed E-state index contributed by atoms with van der Waals surface area (Å²) in [6, 6.07) is 0. The SMILES string of the molecule is CC12CCCCC1CCC1C2CCC2(C)C(CCCC(=O)OCCOCCOCCOCCN)CCC12. The van der Waals surface area contributed by atoms with Gasteiger partial charge in [-0.25, -0.2) is 0 Å². The quantitative estimate of drug-likeness (QED) is 0.218. The molecule has 6 nitrogen and oxygen atoms in total. The highest BCUT2D eigenvalue weighted by Gasteiger charge is 2.59. The fourth-order valence-corrected chi connectivity index (χ4v) is 9.28. The molecule has 37 heavy (non-hydrogen) atoms. The van der Waals surface area contributed by atoms with Crippen LogP contribution in [0.15, 0.2) is 0 Å². The molecule has 7 unspecified atom stereocenters. The molecule has 4 fully saturated rings. The highest BCUT2D eigenvalue weighted by molar-refractivity contribution is 5.69. The molecule has 214 valence electrons. The minimum Gasteiger partial charge on any atom is -0.463 e. The van der Waals surface area contributed by atoms with E-state index in [1.807, 2.05) is 0 Å². The molecule has 4 rings (SSSR count). The zero-order chi connectivity index (χ0) is 26.1. The third-order valence-corrected chi connectivity index (χ3v) is 11.2. The molecule has 0 aromatic rings. The highest BCUT2D eigenvalue weighted by atomic mass is 16.6. The summed E-state index contributed by atoms with van der Waals surface area (Å²) in [5.41, 5.74) is 6.48. The van der Waals surface area contributed by atoms with Crippen molar-refractivity contribution in [3.8, 4) is 0 Å².